The maximum Gasteiger partial charge on any atom is 0.253 e. The molecule has 0 saturated carbocycles. The zero-order valence-corrected chi connectivity index (χ0v) is 15.7. The topological polar surface area (TPSA) is 60.9 Å². The number of likely N-dealkylation sites (tertiary alicyclic amines) is 1. The van der Waals surface area contributed by atoms with Crippen LogP contribution >= 0.6 is 0 Å². The standard InChI is InChI=1S/C20H26FN3O3/c1-2-18(25)22-10-12-23(13-11-22)20(27)16-4-3-9-24(14-16)19(26)15-5-7-17(21)8-6-15/h5-8,16H,2-4,9-14H2,1H3. The van der Waals surface area contributed by atoms with E-state index >= 15 is 0 Å². The molecule has 0 aliphatic carbocycles. The maximum atomic E-state index is 13.1. The highest BCUT2D eigenvalue weighted by molar-refractivity contribution is 5.94. The minimum Gasteiger partial charge on any atom is -0.339 e. The highest BCUT2D eigenvalue weighted by atomic mass is 19.1. The normalized spacial score (nSPS) is 20.5. The molecule has 0 N–H and O–H groups in total. The third kappa shape index (κ3) is 4.46. The van der Waals surface area contributed by atoms with Gasteiger partial charge in [0.2, 0.25) is 11.8 Å². The average Bonchev–Trinajstić information content (AvgIpc) is 2.73. The second-order valence-corrected chi connectivity index (χ2v) is 7.16. The van der Waals surface area contributed by atoms with Crippen molar-refractivity contribution in [2.75, 3.05) is 39.3 Å². The summed E-state index contributed by atoms with van der Waals surface area (Å²) in [6.45, 7) is 5.09. The lowest BCUT2D eigenvalue weighted by Crippen LogP contribution is -2.54. The number of rotatable bonds is 3. The Hall–Kier alpha value is -2.44. The summed E-state index contributed by atoms with van der Waals surface area (Å²) in [5.41, 5.74) is 0.441. The molecule has 1 atom stereocenters. The van der Waals surface area contributed by atoms with Crippen molar-refractivity contribution in [2.45, 2.75) is 26.2 Å². The van der Waals surface area contributed by atoms with Crippen molar-refractivity contribution in [3.8, 4) is 0 Å². The molecule has 3 amide bonds. The van der Waals surface area contributed by atoms with Crippen LogP contribution in [0.5, 0.6) is 0 Å². The zero-order chi connectivity index (χ0) is 19.4. The van der Waals surface area contributed by atoms with Crippen molar-refractivity contribution >= 4 is 17.7 Å². The Kier molecular flexibility index (Phi) is 6.08. The largest absolute Gasteiger partial charge is 0.339 e. The summed E-state index contributed by atoms with van der Waals surface area (Å²) in [5.74, 6) is -0.563. The molecule has 2 aliphatic rings. The van der Waals surface area contributed by atoms with E-state index in [1.165, 1.54) is 24.3 Å². The minimum absolute atomic E-state index is 0.0650. The van der Waals surface area contributed by atoms with Gasteiger partial charge in [0.05, 0.1) is 5.92 Å². The van der Waals surface area contributed by atoms with E-state index < -0.39 is 0 Å². The van der Waals surface area contributed by atoms with Crippen LogP contribution in [0.4, 0.5) is 4.39 Å². The van der Waals surface area contributed by atoms with Crippen molar-refractivity contribution in [1.82, 2.24) is 14.7 Å². The van der Waals surface area contributed by atoms with Gasteiger partial charge in [0.15, 0.2) is 0 Å². The fourth-order valence-electron chi connectivity index (χ4n) is 3.80. The molecule has 1 aromatic rings. The number of carbonyl (C=O) groups excluding carboxylic acids is 3. The lowest BCUT2D eigenvalue weighted by atomic mass is 9.95. The third-order valence-corrected chi connectivity index (χ3v) is 5.40. The van der Waals surface area contributed by atoms with Crippen LogP contribution in [0, 0.1) is 11.7 Å². The van der Waals surface area contributed by atoms with E-state index in [2.05, 4.69) is 0 Å². The monoisotopic (exact) mass is 375 g/mol. The fourth-order valence-corrected chi connectivity index (χ4v) is 3.80. The summed E-state index contributed by atoms with van der Waals surface area (Å²) < 4.78 is 13.1. The summed E-state index contributed by atoms with van der Waals surface area (Å²) in [6.07, 6.45) is 2.02. The lowest BCUT2D eigenvalue weighted by Gasteiger charge is -2.39. The third-order valence-electron chi connectivity index (χ3n) is 5.40. The summed E-state index contributed by atoms with van der Waals surface area (Å²) in [5, 5.41) is 0. The molecular formula is C20H26FN3O3. The van der Waals surface area contributed by atoms with Crippen molar-refractivity contribution < 1.29 is 18.8 Å². The number of piperazine rings is 1. The molecule has 27 heavy (non-hydrogen) atoms. The van der Waals surface area contributed by atoms with E-state index in [1.807, 2.05) is 11.8 Å². The Morgan fingerprint density at radius 3 is 2.22 bits per heavy atom. The van der Waals surface area contributed by atoms with Crippen LogP contribution in [0.15, 0.2) is 24.3 Å². The van der Waals surface area contributed by atoms with Crippen LogP contribution in [-0.2, 0) is 9.59 Å². The Balaban J connectivity index is 1.57. The minimum atomic E-state index is -0.376. The van der Waals surface area contributed by atoms with Crippen LogP contribution in [0.3, 0.4) is 0 Å². The molecule has 2 fully saturated rings. The SMILES string of the molecule is CCC(=O)N1CCN(C(=O)C2CCCN(C(=O)c3ccc(F)cc3)C2)CC1. The predicted molar refractivity (Wildman–Crippen MR) is 98.5 cm³/mol. The van der Waals surface area contributed by atoms with Crippen LogP contribution in [0.1, 0.15) is 36.5 Å². The van der Waals surface area contributed by atoms with Gasteiger partial charge < -0.3 is 14.7 Å². The van der Waals surface area contributed by atoms with Gasteiger partial charge in [0, 0.05) is 51.3 Å². The zero-order valence-electron chi connectivity index (χ0n) is 15.7. The van der Waals surface area contributed by atoms with Gasteiger partial charge in [-0.15, -0.1) is 0 Å². The molecule has 146 valence electrons. The van der Waals surface area contributed by atoms with E-state index in [1.54, 1.807) is 9.80 Å². The maximum absolute atomic E-state index is 13.1. The molecule has 0 radical (unpaired) electrons. The first-order valence-electron chi connectivity index (χ1n) is 9.61. The first-order valence-corrected chi connectivity index (χ1v) is 9.61. The van der Waals surface area contributed by atoms with Gasteiger partial charge in [-0.2, -0.15) is 0 Å². The van der Waals surface area contributed by atoms with Crippen molar-refractivity contribution in [3.05, 3.63) is 35.6 Å². The van der Waals surface area contributed by atoms with E-state index in [9.17, 15) is 18.8 Å². The molecule has 2 saturated heterocycles. The van der Waals surface area contributed by atoms with Crippen LogP contribution in [0.25, 0.3) is 0 Å². The van der Waals surface area contributed by atoms with Gasteiger partial charge in [0.25, 0.3) is 5.91 Å². The van der Waals surface area contributed by atoms with E-state index in [4.69, 9.17) is 0 Å². The second-order valence-electron chi connectivity index (χ2n) is 7.16. The molecule has 6 nitrogen and oxygen atoms in total. The van der Waals surface area contributed by atoms with Gasteiger partial charge in [-0.05, 0) is 37.1 Å². The highest BCUT2D eigenvalue weighted by Gasteiger charge is 2.33. The summed E-state index contributed by atoms with van der Waals surface area (Å²) in [7, 11) is 0. The number of nitrogens with zero attached hydrogens (tertiary/aromatic N) is 3. The van der Waals surface area contributed by atoms with E-state index in [0.29, 0.717) is 51.3 Å². The number of halogens is 1. The van der Waals surface area contributed by atoms with Crippen LogP contribution in [-0.4, -0.2) is 71.7 Å². The number of hydrogen-bond acceptors (Lipinski definition) is 3. The van der Waals surface area contributed by atoms with Gasteiger partial charge >= 0.3 is 0 Å². The number of piperidine rings is 1. The molecular weight excluding hydrogens is 349 g/mol. The number of hydrogen-bond donors (Lipinski definition) is 0. The first kappa shape index (κ1) is 19.3. The smallest absolute Gasteiger partial charge is 0.253 e. The van der Waals surface area contributed by atoms with Crippen LogP contribution < -0.4 is 0 Å². The number of carbonyl (C=O) groups is 3. The number of amides is 3. The Morgan fingerprint density at radius 2 is 1.59 bits per heavy atom. The molecule has 0 aromatic heterocycles. The van der Waals surface area contributed by atoms with Crippen molar-refractivity contribution in [1.29, 1.82) is 0 Å². The molecule has 2 heterocycles. The molecule has 1 unspecified atom stereocenters. The van der Waals surface area contributed by atoms with Crippen LogP contribution in [0.2, 0.25) is 0 Å². The van der Waals surface area contributed by atoms with Gasteiger partial charge in [-0.3, -0.25) is 14.4 Å². The molecule has 7 heteroatoms. The fraction of sp³-hybridized carbons (Fsp3) is 0.550. The Morgan fingerprint density at radius 1 is 0.963 bits per heavy atom. The molecule has 0 spiro atoms. The summed E-state index contributed by atoms with van der Waals surface area (Å²) in [4.78, 5) is 42.6. The first-order chi connectivity index (χ1) is 13.0. The van der Waals surface area contributed by atoms with Gasteiger partial charge in [-0.1, -0.05) is 6.92 Å². The summed E-state index contributed by atoms with van der Waals surface area (Å²) >= 11 is 0. The van der Waals surface area contributed by atoms with Gasteiger partial charge in [0.1, 0.15) is 5.82 Å². The van der Waals surface area contributed by atoms with Crippen molar-refractivity contribution in [2.24, 2.45) is 5.92 Å². The van der Waals surface area contributed by atoms with E-state index in [0.717, 1.165) is 12.8 Å². The summed E-state index contributed by atoms with van der Waals surface area (Å²) in [6, 6.07) is 5.51. The Labute approximate surface area is 158 Å². The van der Waals surface area contributed by atoms with E-state index in [-0.39, 0.29) is 29.5 Å². The molecule has 2 aliphatic heterocycles. The van der Waals surface area contributed by atoms with Gasteiger partial charge in [-0.25, -0.2) is 4.39 Å². The molecule has 3 rings (SSSR count). The second kappa shape index (κ2) is 8.50. The molecule has 0 bridgehead atoms. The quantitative estimate of drug-likeness (QED) is 0.809. The average molecular weight is 375 g/mol. The highest BCUT2D eigenvalue weighted by Crippen LogP contribution is 2.21. The predicted octanol–water partition coefficient (Wildman–Crippen LogP) is 1.76. The Bertz CT molecular complexity index is 699. The number of benzene rings is 1. The lowest BCUT2D eigenvalue weighted by molar-refractivity contribution is -0.143. The molecule has 1 aromatic carbocycles. The van der Waals surface area contributed by atoms with Crippen molar-refractivity contribution in [3.63, 3.8) is 0 Å².